The van der Waals surface area contributed by atoms with E-state index in [1.807, 2.05) is 24.5 Å². The average Bonchev–Trinajstić information content (AvgIpc) is 2.37. The summed E-state index contributed by atoms with van der Waals surface area (Å²) in [4.78, 5) is 4.05. The Bertz CT molecular complexity index is 434. The van der Waals surface area contributed by atoms with E-state index in [0.29, 0.717) is 5.41 Å². The van der Waals surface area contributed by atoms with Gasteiger partial charge in [-0.15, -0.1) is 0 Å². The molecule has 4 saturated carbocycles. The Kier molecular flexibility index (Phi) is 3.10. The molecule has 4 fully saturated rings. The molecule has 0 amide bonds. The molecule has 5 rings (SSSR count). The molecule has 0 saturated heterocycles. The van der Waals surface area contributed by atoms with Gasteiger partial charge in [0.1, 0.15) is 0 Å². The molecule has 1 aromatic rings. The first-order chi connectivity index (χ1) is 9.71. The first kappa shape index (κ1) is 12.8. The molecule has 4 aliphatic carbocycles. The number of aliphatic hydroxyl groups is 1. The van der Waals surface area contributed by atoms with E-state index < -0.39 is 0 Å². The van der Waals surface area contributed by atoms with Crippen LogP contribution in [0.5, 0.6) is 0 Å². The maximum Gasteiger partial charge on any atom is 0.0585 e. The van der Waals surface area contributed by atoms with Gasteiger partial charge in [-0.25, -0.2) is 0 Å². The number of nitrogens with zero attached hydrogens (tertiary/aromatic N) is 1. The summed E-state index contributed by atoms with van der Waals surface area (Å²) in [5.74, 6) is 2.94. The average molecular weight is 271 g/mol. The Hall–Kier alpha value is -0.890. The van der Waals surface area contributed by atoms with Crippen molar-refractivity contribution in [2.45, 2.75) is 57.5 Å². The fourth-order valence-corrected chi connectivity index (χ4v) is 5.90. The lowest BCUT2D eigenvalue weighted by Gasteiger charge is -2.57. The summed E-state index contributed by atoms with van der Waals surface area (Å²) in [7, 11) is 0. The minimum atomic E-state index is -0.173. The fraction of sp³-hybridized carbons (Fsp3) is 0.722. The number of hydrogen-bond acceptors (Lipinski definition) is 2. The van der Waals surface area contributed by atoms with E-state index in [2.05, 4.69) is 4.98 Å². The zero-order valence-electron chi connectivity index (χ0n) is 12.2. The molecule has 0 aromatic carbocycles. The Morgan fingerprint density at radius 2 is 1.60 bits per heavy atom. The molecule has 20 heavy (non-hydrogen) atoms. The van der Waals surface area contributed by atoms with E-state index >= 15 is 0 Å². The van der Waals surface area contributed by atoms with Crippen LogP contribution in [0.1, 0.15) is 50.5 Å². The van der Waals surface area contributed by atoms with Gasteiger partial charge in [0, 0.05) is 12.4 Å². The molecule has 2 nitrogen and oxygen atoms in total. The number of pyridine rings is 1. The minimum absolute atomic E-state index is 0.173. The third kappa shape index (κ3) is 2.39. The lowest BCUT2D eigenvalue weighted by Crippen LogP contribution is -2.47. The largest absolute Gasteiger partial charge is 0.393 e. The standard InChI is InChI=1S/C18H25NO/c20-17(8-13-1-3-19-4-2-13)12-18-9-14-5-15(10-18)7-16(6-14)11-18/h1-4,14-17,20H,5-12H2. The van der Waals surface area contributed by atoms with Crippen molar-refractivity contribution in [1.29, 1.82) is 0 Å². The molecule has 108 valence electrons. The van der Waals surface area contributed by atoms with E-state index in [9.17, 15) is 5.11 Å². The van der Waals surface area contributed by atoms with Crippen LogP contribution in [-0.2, 0) is 6.42 Å². The Morgan fingerprint density at radius 3 is 2.15 bits per heavy atom. The van der Waals surface area contributed by atoms with Gasteiger partial charge in [-0.05, 0) is 92.2 Å². The van der Waals surface area contributed by atoms with Crippen LogP contribution >= 0.6 is 0 Å². The number of hydrogen-bond donors (Lipinski definition) is 1. The summed E-state index contributed by atoms with van der Waals surface area (Å²) in [6, 6.07) is 4.06. The number of aliphatic hydroxyl groups excluding tert-OH is 1. The van der Waals surface area contributed by atoms with Crippen LogP contribution in [0.25, 0.3) is 0 Å². The van der Waals surface area contributed by atoms with Crippen molar-refractivity contribution in [1.82, 2.24) is 4.98 Å². The summed E-state index contributed by atoms with van der Waals surface area (Å²) < 4.78 is 0. The fourth-order valence-electron chi connectivity index (χ4n) is 5.90. The molecule has 4 bridgehead atoms. The Morgan fingerprint density at radius 1 is 1.05 bits per heavy atom. The third-order valence-electron chi connectivity index (χ3n) is 6.05. The number of aromatic nitrogens is 1. The summed E-state index contributed by atoms with van der Waals surface area (Å²) in [6.07, 6.45) is 13.9. The van der Waals surface area contributed by atoms with Crippen molar-refractivity contribution in [2.24, 2.45) is 23.2 Å². The van der Waals surface area contributed by atoms with Crippen molar-refractivity contribution >= 4 is 0 Å². The van der Waals surface area contributed by atoms with Gasteiger partial charge in [0.2, 0.25) is 0 Å². The smallest absolute Gasteiger partial charge is 0.0585 e. The highest BCUT2D eigenvalue weighted by molar-refractivity contribution is 5.11. The molecule has 1 aromatic heterocycles. The van der Waals surface area contributed by atoms with Crippen molar-refractivity contribution in [3.8, 4) is 0 Å². The highest BCUT2D eigenvalue weighted by Crippen LogP contribution is 2.61. The van der Waals surface area contributed by atoms with Gasteiger partial charge in [0.05, 0.1) is 6.10 Å². The molecule has 0 radical (unpaired) electrons. The van der Waals surface area contributed by atoms with Crippen LogP contribution in [0.2, 0.25) is 0 Å². The number of rotatable bonds is 4. The zero-order chi connectivity index (χ0) is 13.6. The molecule has 0 aliphatic heterocycles. The lowest BCUT2D eigenvalue weighted by atomic mass is 9.48. The summed E-state index contributed by atoms with van der Waals surface area (Å²) in [5.41, 5.74) is 1.71. The van der Waals surface area contributed by atoms with E-state index in [1.165, 1.54) is 44.1 Å². The second-order valence-electron chi connectivity index (χ2n) is 7.84. The van der Waals surface area contributed by atoms with Crippen LogP contribution in [0.15, 0.2) is 24.5 Å². The predicted molar refractivity (Wildman–Crippen MR) is 79.2 cm³/mol. The third-order valence-corrected chi connectivity index (χ3v) is 6.05. The maximum atomic E-state index is 10.5. The highest BCUT2D eigenvalue weighted by atomic mass is 16.3. The van der Waals surface area contributed by atoms with Gasteiger partial charge in [0.15, 0.2) is 0 Å². The summed E-state index contributed by atoms with van der Waals surface area (Å²) >= 11 is 0. The van der Waals surface area contributed by atoms with Gasteiger partial charge in [-0.2, -0.15) is 0 Å². The molecular weight excluding hydrogens is 246 g/mol. The van der Waals surface area contributed by atoms with Crippen LogP contribution in [0.4, 0.5) is 0 Å². The summed E-state index contributed by atoms with van der Waals surface area (Å²) in [5, 5.41) is 10.5. The second kappa shape index (κ2) is 4.84. The van der Waals surface area contributed by atoms with Gasteiger partial charge in [-0.3, -0.25) is 4.98 Å². The van der Waals surface area contributed by atoms with Crippen molar-refractivity contribution in [3.63, 3.8) is 0 Å². The highest BCUT2D eigenvalue weighted by Gasteiger charge is 2.51. The van der Waals surface area contributed by atoms with E-state index in [1.54, 1.807) is 0 Å². The second-order valence-corrected chi connectivity index (χ2v) is 7.84. The van der Waals surface area contributed by atoms with Gasteiger partial charge >= 0.3 is 0 Å². The van der Waals surface area contributed by atoms with Crippen LogP contribution in [0, 0.1) is 23.2 Å². The molecule has 1 atom stereocenters. The zero-order valence-corrected chi connectivity index (χ0v) is 12.2. The van der Waals surface area contributed by atoms with Crippen LogP contribution in [-0.4, -0.2) is 16.2 Å². The van der Waals surface area contributed by atoms with Crippen molar-refractivity contribution in [2.75, 3.05) is 0 Å². The maximum absolute atomic E-state index is 10.5. The van der Waals surface area contributed by atoms with Crippen LogP contribution < -0.4 is 0 Å². The topological polar surface area (TPSA) is 33.1 Å². The first-order valence-corrected chi connectivity index (χ1v) is 8.28. The van der Waals surface area contributed by atoms with E-state index in [-0.39, 0.29) is 6.10 Å². The monoisotopic (exact) mass is 271 g/mol. The van der Waals surface area contributed by atoms with E-state index in [4.69, 9.17) is 0 Å². The molecule has 2 heteroatoms. The summed E-state index contributed by atoms with van der Waals surface area (Å²) in [6.45, 7) is 0. The molecular formula is C18H25NO. The molecule has 4 aliphatic rings. The predicted octanol–water partition coefficient (Wildman–Crippen LogP) is 3.59. The van der Waals surface area contributed by atoms with E-state index in [0.717, 1.165) is 30.6 Å². The quantitative estimate of drug-likeness (QED) is 0.907. The van der Waals surface area contributed by atoms with Gasteiger partial charge < -0.3 is 5.11 Å². The first-order valence-electron chi connectivity index (χ1n) is 8.28. The van der Waals surface area contributed by atoms with Gasteiger partial charge in [0.25, 0.3) is 0 Å². The molecule has 1 heterocycles. The minimum Gasteiger partial charge on any atom is -0.393 e. The molecule has 0 spiro atoms. The van der Waals surface area contributed by atoms with Gasteiger partial charge in [-0.1, -0.05) is 0 Å². The van der Waals surface area contributed by atoms with Crippen molar-refractivity contribution in [3.05, 3.63) is 30.1 Å². The molecule has 1 unspecified atom stereocenters. The van der Waals surface area contributed by atoms with Crippen LogP contribution in [0.3, 0.4) is 0 Å². The Balaban J connectivity index is 1.43. The normalized spacial score (nSPS) is 40.0. The van der Waals surface area contributed by atoms with Crippen molar-refractivity contribution < 1.29 is 5.11 Å². The molecule has 1 N–H and O–H groups in total. The SMILES string of the molecule is OC(Cc1ccncc1)CC12CC3CC(CC(C3)C1)C2. The lowest BCUT2D eigenvalue weighted by molar-refractivity contribution is -0.0756. The Labute approximate surface area is 121 Å².